The molecule has 160 valence electrons. The number of para-hydroxylation sites is 2. The maximum Gasteiger partial charge on any atom is 0.291 e. The van der Waals surface area contributed by atoms with Crippen LogP contribution in [0.25, 0.3) is 0 Å². The number of methoxy groups -OCH3 is 1. The van der Waals surface area contributed by atoms with Crippen LogP contribution in [0, 0.1) is 5.41 Å². The van der Waals surface area contributed by atoms with Gasteiger partial charge < -0.3 is 20.5 Å². The highest BCUT2D eigenvalue weighted by Gasteiger charge is 2.26. The third kappa shape index (κ3) is 4.34. The number of rotatable bonds is 4. The molecule has 1 amide bonds. The van der Waals surface area contributed by atoms with Gasteiger partial charge in [-0.15, -0.1) is 0 Å². The fourth-order valence-electron chi connectivity index (χ4n) is 3.30. The molecule has 3 aromatic carbocycles. The van der Waals surface area contributed by atoms with Gasteiger partial charge in [-0.2, -0.15) is 4.99 Å². The molecule has 0 bridgehead atoms. The molecule has 0 saturated heterocycles. The van der Waals surface area contributed by atoms with Gasteiger partial charge in [-0.25, -0.2) is 4.99 Å². The molecule has 4 rings (SSSR count). The Morgan fingerprint density at radius 1 is 1.03 bits per heavy atom. The zero-order valence-corrected chi connectivity index (χ0v) is 17.3. The van der Waals surface area contributed by atoms with E-state index in [1.54, 1.807) is 30.3 Å². The number of hydrogen-bond acceptors (Lipinski definition) is 6. The maximum absolute atomic E-state index is 12.8. The van der Waals surface area contributed by atoms with Crippen LogP contribution in [0.2, 0.25) is 0 Å². The number of aliphatic imine (C=N–C) groups is 2. The average Bonchev–Trinajstić information content (AvgIpc) is 2.95. The van der Waals surface area contributed by atoms with Gasteiger partial charge in [0.05, 0.1) is 24.1 Å². The summed E-state index contributed by atoms with van der Waals surface area (Å²) in [7, 11) is 1.50. The van der Waals surface area contributed by atoms with E-state index in [9.17, 15) is 4.79 Å². The van der Waals surface area contributed by atoms with Crippen molar-refractivity contribution in [1.82, 2.24) is 0 Å². The number of fused-ring (bicyclic) bond motifs is 1. The third-order valence-corrected chi connectivity index (χ3v) is 4.78. The number of benzodiazepines with no additional fused rings is 1. The molecule has 32 heavy (non-hydrogen) atoms. The first kappa shape index (κ1) is 20.8. The van der Waals surface area contributed by atoms with Crippen molar-refractivity contribution in [1.29, 1.82) is 5.41 Å². The third-order valence-electron chi connectivity index (χ3n) is 4.78. The molecule has 1 atom stereocenters. The van der Waals surface area contributed by atoms with E-state index in [4.69, 9.17) is 20.6 Å². The molecule has 0 radical (unpaired) electrons. The van der Waals surface area contributed by atoms with Crippen molar-refractivity contribution in [3.63, 3.8) is 0 Å². The highest BCUT2D eigenvalue weighted by Crippen LogP contribution is 2.24. The van der Waals surface area contributed by atoms with Gasteiger partial charge in [0.2, 0.25) is 12.1 Å². The molecule has 8 heteroatoms. The number of benzene rings is 3. The number of nitrogens with two attached hydrogens (primary N) is 1. The normalized spacial score (nSPS) is 15.7. The van der Waals surface area contributed by atoms with Crippen LogP contribution in [-0.4, -0.2) is 36.8 Å². The summed E-state index contributed by atoms with van der Waals surface area (Å²) in [6.45, 7) is 0. The Kier molecular flexibility index (Phi) is 5.94. The molecular weight excluding hydrogens is 406 g/mol. The summed E-state index contributed by atoms with van der Waals surface area (Å²) >= 11 is 0. The molecule has 0 spiro atoms. The Labute approximate surface area is 184 Å². The van der Waals surface area contributed by atoms with Crippen LogP contribution in [0.5, 0.6) is 5.75 Å². The second-order valence-electron chi connectivity index (χ2n) is 6.85. The summed E-state index contributed by atoms with van der Waals surface area (Å²) in [6, 6.07) is 23.4. The van der Waals surface area contributed by atoms with E-state index >= 15 is 0 Å². The van der Waals surface area contributed by atoms with Crippen molar-refractivity contribution >= 4 is 29.2 Å². The van der Waals surface area contributed by atoms with Crippen molar-refractivity contribution in [2.24, 2.45) is 15.7 Å². The zero-order valence-electron chi connectivity index (χ0n) is 17.3. The second-order valence-corrected chi connectivity index (χ2v) is 6.85. The van der Waals surface area contributed by atoms with Gasteiger partial charge in [0.25, 0.3) is 11.9 Å². The van der Waals surface area contributed by atoms with E-state index in [2.05, 4.69) is 15.3 Å². The molecule has 0 aliphatic carbocycles. The number of ether oxygens (including phenoxy) is 2. The first-order chi connectivity index (χ1) is 15.6. The lowest BCUT2D eigenvalue weighted by Gasteiger charge is -2.11. The number of carbonyl (C=O) groups is 1. The second kappa shape index (κ2) is 9.13. The Balaban J connectivity index is 1.67. The fourth-order valence-corrected chi connectivity index (χ4v) is 3.30. The topological polar surface area (TPSA) is 122 Å². The summed E-state index contributed by atoms with van der Waals surface area (Å²) in [5.41, 5.74) is 9.16. The van der Waals surface area contributed by atoms with Crippen molar-refractivity contribution < 1.29 is 14.3 Å². The summed E-state index contributed by atoms with van der Waals surface area (Å²) < 4.78 is 10.6. The van der Waals surface area contributed by atoms with Crippen molar-refractivity contribution in [2.45, 2.75) is 6.17 Å². The lowest BCUT2D eigenvalue weighted by molar-refractivity contribution is -0.117. The van der Waals surface area contributed by atoms with Crippen LogP contribution in [-0.2, 0) is 9.53 Å². The molecule has 3 aromatic rings. The molecule has 1 heterocycles. The quantitative estimate of drug-likeness (QED) is 0.437. The Hall–Kier alpha value is -4.46. The van der Waals surface area contributed by atoms with Gasteiger partial charge >= 0.3 is 0 Å². The number of amides is 1. The smallest absolute Gasteiger partial charge is 0.291 e. The zero-order chi connectivity index (χ0) is 22.5. The lowest BCUT2D eigenvalue weighted by atomic mass is 10.0. The van der Waals surface area contributed by atoms with Gasteiger partial charge in [0.15, 0.2) is 0 Å². The molecular formula is C24H21N5O3. The van der Waals surface area contributed by atoms with E-state index in [1.165, 1.54) is 7.11 Å². The van der Waals surface area contributed by atoms with E-state index in [0.29, 0.717) is 22.7 Å². The molecule has 8 nitrogen and oxygen atoms in total. The van der Waals surface area contributed by atoms with Gasteiger partial charge in [-0.05, 0) is 18.2 Å². The van der Waals surface area contributed by atoms with Crippen molar-refractivity contribution in [2.75, 3.05) is 12.4 Å². The van der Waals surface area contributed by atoms with Gasteiger partial charge in [-0.3, -0.25) is 10.2 Å². The number of hydrogen-bond donors (Lipinski definition) is 3. The summed E-state index contributed by atoms with van der Waals surface area (Å²) in [5.74, 6) is -0.260. The van der Waals surface area contributed by atoms with E-state index < -0.39 is 12.1 Å². The van der Waals surface area contributed by atoms with E-state index in [0.717, 1.165) is 11.1 Å². The number of nitrogens with zero attached hydrogens (tertiary/aromatic N) is 2. The summed E-state index contributed by atoms with van der Waals surface area (Å²) in [6.07, 6.45) is -1.19. The molecule has 1 unspecified atom stereocenters. The number of carbonyl (C=O) groups excluding carboxylic acids is 1. The van der Waals surface area contributed by atoms with Crippen LogP contribution >= 0.6 is 0 Å². The molecule has 1 aliphatic heterocycles. The standard InChI is InChI=1S/C24H21N5O3/c1-31-19-14-8-6-12-17(19)21(25)32-24(26)29-22-23(30)27-18-13-7-5-11-16(18)20(28-22)15-9-3-2-4-10-15/h2-14,22,25H,1H3,(H2,26,29)(H,27,30). The largest absolute Gasteiger partial charge is 0.496 e. The summed E-state index contributed by atoms with van der Waals surface area (Å²) in [4.78, 5) is 21.6. The monoisotopic (exact) mass is 427 g/mol. The molecule has 0 fully saturated rings. The Bertz CT molecular complexity index is 1220. The molecule has 4 N–H and O–H groups in total. The Morgan fingerprint density at radius 2 is 1.72 bits per heavy atom. The number of anilines is 1. The van der Waals surface area contributed by atoms with Gasteiger partial charge in [0.1, 0.15) is 5.75 Å². The van der Waals surface area contributed by atoms with Crippen LogP contribution in [0.1, 0.15) is 16.7 Å². The van der Waals surface area contributed by atoms with Gasteiger partial charge in [-0.1, -0.05) is 60.7 Å². The predicted molar refractivity (Wildman–Crippen MR) is 123 cm³/mol. The van der Waals surface area contributed by atoms with Crippen LogP contribution in [0.3, 0.4) is 0 Å². The SMILES string of the molecule is COc1ccccc1C(=N)O/C(N)=N/C1N=C(c2ccccc2)c2ccccc2NC1=O. The van der Waals surface area contributed by atoms with Crippen LogP contribution < -0.4 is 15.8 Å². The highest BCUT2D eigenvalue weighted by molar-refractivity contribution is 6.19. The van der Waals surface area contributed by atoms with Crippen LogP contribution in [0.15, 0.2) is 88.8 Å². The maximum atomic E-state index is 12.8. The number of amidine groups is 1. The fraction of sp³-hybridized carbons (Fsp3) is 0.0833. The minimum atomic E-state index is -1.19. The summed E-state index contributed by atoms with van der Waals surface area (Å²) in [5, 5.41) is 11.0. The van der Waals surface area contributed by atoms with Gasteiger partial charge in [0, 0.05) is 11.1 Å². The predicted octanol–water partition coefficient (Wildman–Crippen LogP) is 3.17. The van der Waals surface area contributed by atoms with Crippen LogP contribution in [0.4, 0.5) is 5.69 Å². The molecule has 0 aromatic heterocycles. The minimum absolute atomic E-state index is 0.256. The average molecular weight is 427 g/mol. The number of nitrogens with one attached hydrogen (secondary N) is 2. The first-order valence-electron chi connectivity index (χ1n) is 9.83. The lowest BCUT2D eigenvalue weighted by Crippen LogP contribution is -2.29. The highest BCUT2D eigenvalue weighted by atomic mass is 16.5. The first-order valence-corrected chi connectivity index (χ1v) is 9.83. The van der Waals surface area contributed by atoms with Crippen molar-refractivity contribution in [3.05, 3.63) is 95.6 Å². The van der Waals surface area contributed by atoms with Crippen molar-refractivity contribution in [3.8, 4) is 5.75 Å². The molecule has 0 saturated carbocycles. The minimum Gasteiger partial charge on any atom is -0.496 e. The van der Waals surface area contributed by atoms with E-state index in [-0.39, 0.29) is 11.9 Å². The van der Waals surface area contributed by atoms with E-state index in [1.807, 2.05) is 48.5 Å². The molecule has 1 aliphatic rings. The Morgan fingerprint density at radius 3 is 2.50 bits per heavy atom.